The SMILES string of the molecule is CC1=C(C(C)C)NCC(F)=C1. The Hall–Kier alpha value is -0.790. The largest absolute Gasteiger partial charge is 0.381 e. The van der Waals surface area contributed by atoms with Crippen molar-refractivity contribution >= 4 is 0 Å². The molecule has 1 nitrogen and oxygen atoms in total. The van der Waals surface area contributed by atoms with Crippen LogP contribution >= 0.6 is 0 Å². The topological polar surface area (TPSA) is 12.0 Å². The summed E-state index contributed by atoms with van der Waals surface area (Å²) in [6.07, 6.45) is 1.60. The monoisotopic (exact) mass is 155 g/mol. The van der Waals surface area contributed by atoms with E-state index < -0.39 is 0 Å². The van der Waals surface area contributed by atoms with Crippen LogP contribution in [-0.4, -0.2) is 6.54 Å². The summed E-state index contributed by atoms with van der Waals surface area (Å²) in [6.45, 7) is 6.48. The average molecular weight is 155 g/mol. The maximum absolute atomic E-state index is 12.6. The molecular formula is C9H14FN. The molecular weight excluding hydrogens is 141 g/mol. The van der Waals surface area contributed by atoms with E-state index in [4.69, 9.17) is 0 Å². The van der Waals surface area contributed by atoms with Gasteiger partial charge in [-0.05, 0) is 24.5 Å². The maximum atomic E-state index is 12.6. The molecule has 0 radical (unpaired) electrons. The molecule has 62 valence electrons. The highest BCUT2D eigenvalue weighted by atomic mass is 19.1. The molecule has 0 fully saturated rings. The molecule has 0 aromatic rings. The second-order valence-corrected chi connectivity index (χ2v) is 3.20. The zero-order chi connectivity index (χ0) is 8.43. The van der Waals surface area contributed by atoms with Crippen LogP contribution in [0.15, 0.2) is 23.2 Å². The highest BCUT2D eigenvalue weighted by Crippen LogP contribution is 2.18. The fourth-order valence-corrected chi connectivity index (χ4v) is 1.34. The first-order valence-electron chi connectivity index (χ1n) is 3.92. The fraction of sp³-hybridized carbons (Fsp3) is 0.556. The zero-order valence-corrected chi connectivity index (χ0v) is 7.24. The minimum atomic E-state index is -0.0769. The number of hydrogen-bond acceptors (Lipinski definition) is 1. The van der Waals surface area contributed by atoms with Gasteiger partial charge < -0.3 is 5.32 Å². The van der Waals surface area contributed by atoms with Crippen LogP contribution in [0.1, 0.15) is 20.8 Å². The summed E-state index contributed by atoms with van der Waals surface area (Å²) in [5.41, 5.74) is 2.18. The number of allylic oxidation sites excluding steroid dienone is 3. The number of nitrogens with one attached hydrogen (secondary N) is 1. The van der Waals surface area contributed by atoms with Crippen molar-refractivity contribution in [3.05, 3.63) is 23.2 Å². The molecule has 11 heavy (non-hydrogen) atoms. The van der Waals surface area contributed by atoms with Crippen molar-refractivity contribution in [3.8, 4) is 0 Å². The van der Waals surface area contributed by atoms with E-state index >= 15 is 0 Å². The first-order chi connectivity index (χ1) is 5.11. The lowest BCUT2D eigenvalue weighted by atomic mass is 10.0. The van der Waals surface area contributed by atoms with E-state index in [0.717, 1.165) is 11.3 Å². The normalized spacial score (nSPS) is 18.5. The lowest BCUT2D eigenvalue weighted by molar-refractivity contribution is 0.556. The van der Waals surface area contributed by atoms with Crippen molar-refractivity contribution in [2.24, 2.45) is 5.92 Å². The van der Waals surface area contributed by atoms with Crippen LogP contribution in [0, 0.1) is 5.92 Å². The Labute approximate surface area is 67.0 Å². The average Bonchev–Trinajstić information content (AvgIpc) is 1.85. The van der Waals surface area contributed by atoms with Gasteiger partial charge in [0.2, 0.25) is 0 Å². The third kappa shape index (κ3) is 1.82. The van der Waals surface area contributed by atoms with Gasteiger partial charge in [0.1, 0.15) is 5.83 Å². The van der Waals surface area contributed by atoms with E-state index in [1.807, 2.05) is 6.92 Å². The molecule has 0 aromatic carbocycles. The van der Waals surface area contributed by atoms with Crippen molar-refractivity contribution in [3.63, 3.8) is 0 Å². The van der Waals surface area contributed by atoms with Crippen molar-refractivity contribution in [1.82, 2.24) is 5.32 Å². The van der Waals surface area contributed by atoms with E-state index in [0.29, 0.717) is 12.5 Å². The molecule has 0 amide bonds. The molecule has 0 saturated carbocycles. The molecule has 1 heterocycles. The number of dihydropyridines is 1. The van der Waals surface area contributed by atoms with Crippen molar-refractivity contribution in [2.75, 3.05) is 6.54 Å². The summed E-state index contributed by atoms with van der Waals surface area (Å²) in [7, 11) is 0. The summed E-state index contributed by atoms with van der Waals surface area (Å²) in [5, 5.41) is 3.05. The number of rotatable bonds is 1. The molecule has 1 N–H and O–H groups in total. The first kappa shape index (κ1) is 8.31. The van der Waals surface area contributed by atoms with Crippen LogP contribution in [0.2, 0.25) is 0 Å². The fourth-order valence-electron chi connectivity index (χ4n) is 1.34. The molecule has 1 aliphatic heterocycles. The lowest BCUT2D eigenvalue weighted by Crippen LogP contribution is -2.23. The van der Waals surface area contributed by atoms with Crippen molar-refractivity contribution in [1.29, 1.82) is 0 Å². The summed E-state index contributed by atoms with van der Waals surface area (Å²) in [4.78, 5) is 0. The molecule has 0 spiro atoms. The summed E-state index contributed by atoms with van der Waals surface area (Å²) >= 11 is 0. The molecule has 0 saturated heterocycles. The van der Waals surface area contributed by atoms with Gasteiger partial charge in [-0.2, -0.15) is 0 Å². The minimum Gasteiger partial charge on any atom is -0.381 e. The first-order valence-corrected chi connectivity index (χ1v) is 3.92. The van der Waals surface area contributed by atoms with Crippen molar-refractivity contribution in [2.45, 2.75) is 20.8 Å². The zero-order valence-electron chi connectivity index (χ0n) is 7.24. The maximum Gasteiger partial charge on any atom is 0.119 e. The molecule has 2 heteroatoms. The highest BCUT2D eigenvalue weighted by molar-refractivity contribution is 5.30. The van der Waals surface area contributed by atoms with Gasteiger partial charge >= 0.3 is 0 Å². The van der Waals surface area contributed by atoms with E-state index in [-0.39, 0.29) is 5.83 Å². The molecule has 1 aliphatic rings. The van der Waals surface area contributed by atoms with Gasteiger partial charge in [-0.25, -0.2) is 4.39 Å². The standard InChI is InChI=1S/C9H14FN/c1-6(2)9-7(3)4-8(10)5-11-9/h4,6,11H,5H2,1-3H3. The van der Waals surface area contributed by atoms with Gasteiger partial charge in [0, 0.05) is 5.70 Å². The summed E-state index contributed by atoms with van der Waals surface area (Å²) in [5.74, 6) is 0.381. The molecule has 0 atom stereocenters. The van der Waals surface area contributed by atoms with Crippen LogP contribution in [0.25, 0.3) is 0 Å². The summed E-state index contributed by atoms with van der Waals surface area (Å²) < 4.78 is 12.6. The molecule has 0 aromatic heterocycles. The van der Waals surface area contributed by atoms with Gasteiger partial charge in [-0.15, -0.1) is 0 Å². The molecule has 0 unspecified atom stereocenters. The van der Waals surface area contributed by atoms with E-state index in [9.17, 15) is 4.39 Å². The van der Waals surface area contributed by atoms with Crippen LogP contribution in [0.5, 0.6) is 0 Å². The van der Waals surface area contributed by atoms with Gasteiger partial charge in [-0.3, -0.25) is 0 Å². The van der Waals surface area contributed by atoms with Crippen molar-refractivity contribution < 1.29 is 4.39 Å². The van der Waals surface area contributed by atoms with Gasteiger partial charge in [0.25, 0.3) is 0 Å². The Morgan fingerprint density at radius 1 is 1.55 bits per heavy atom. The Morgan fingerprint density at radius 2 is 2.18 bits per heavy atom. The Morgan fingerprint density at radius 3 is 2.64 bits per heavy atom. The number of hydrogen-bond donors (Lipinski definition) is 1. The molecule has 1 rings (SSSR count). The Kier molecular flexibility index (Phi) is 2.32. The smallest absolute Gasteiger partial charge is 0.119 e. The van der Waals surface area contributed by atoms with Crippen LogP contribution < -0.4 is 5.32 Å². The predicted molar refractivity (Wildman–Crippen MR) is 44.7 cm³/mol. The highest BCUT2D eigenvalue weighted by Gasteiger charge is 2.11. The lowest BCUT2D eigenvalue weighted by Gasteiger charge is -2.19. The second kappa shape index (κ2) is 3.07. The molecule has 0 aliphatic carbocycles. The molecule has 0 bridgehead atoms. The van der Waals surface area contributed by atoms with E-state index in [1.165, 1.54) is 0 Å². The van der Waals surface area contributed by atoms with Gasteiger partial charge in [0.05, 0.1) is 6.54 Å². The summed E-state index contributed by atoms with van der Waals surface area (Å²) in [6, 6.07) is 0. The second-order valence-electron chi connectivity index (χ2n) is 3.20. The third-order valence-electron chi connectivity index (χ3n) is 1.82. The Balaban J connectivity index is 2.86. The Bertz CT molecular complexity index is 214. The van der Waals surface area contributed by atoms with Gasteiger partial charge in [0.15, 0.2) is 0 Å². The van der Waals surface area contributed by atoms with Crippen LogP contribution in [0.3, 0.4) is 0 Å². The minimum absolute atomic E-state index is 0.0769. The van der Waals surface area contributed by atoms with E-state index in [1.54, 1.807) is 6.08 Å². The quantitative estimate of drug-likeness (QED) is 0.613. The number of halogens is 1. The van der Waals surface area contributed by atoms with E-state index in [2.05, 4.69) is 19.2 Å². The van der Waals surface area contributed by atoms with Crippen LogP contribution in [0.4, 0.5) is 4.39 Å². The predicted octanol–water partition coefficient (Wildman–Crippen LogP) is 2.37. The third-order valence-corrected chi connectivity index (χ3v) is 1.82. The van der Waals surface area contributed by atoms with Crippen LogP contribution in [-0.2, 0) is 0 Å². The van der Waals surface area contributed by atoms with Gasteiger partial charge in [-0.1, -0.05) is 13.8 Å².